The molecule has 0 radical (unpaired) electrons. The third-order valence-corrected chi connectivity index (χ3v) is 6.73. The van der Waals surface area contributed by atoms with E-state index in [0.717, 1.165) is 43.4 Å². The first-order chi connectivity index (χ1) is 12.5. The van der Waals surface area contributed by atoms with Gasteiger partial charge in [0.05, 0.1) is 11.0 Å². The summed E-state index contributed by atoms with van der Waals surface area (Å²) < 4.78 is 0. The van der Waals surface area contributed by atoms with Gasteiger partial charge in [-0.1, -0.05) is 12.1 Å². The lowest BCUT2D eigenvalue weighted by atomic mass is 9.46. The molecule has 4 fully saturated rings. The number of tetrazole rings is 1. The molecule has 136 valence electrons. The lowest BCUT2D eigenvalue weighted by molar-refractivity contribution is -0.152. The number of aryl methyl sites for hydroxylation is 2. The van der Waals surface area contributed by atoms with Crippen LogP contribution in [0, 0.1) is 31.1 Å². The molecule has 26 heavy (non-hydrogen) atoms. The van der Waals surface area contributed by atoms with Crippen LogP contribution in [0.25, 0.3) is 0 Å². The predicted octanol–water partition coefficient (Wildman–Crippen LogP) is 3.22. The highest BCUT2D eigenvalue weighted by molar-refractivity contribution is 5.95. The summed E-state index contributed by atoms with van der Waals surface area (Å²) in [4.78, 5) is 15.2. The van der Waals surface area contributed by atoms with Gasteiger partial charge in [-0.2, -0.15) is 4.80 Å². The standard InChI is InChI=1S/C20H25N5O/c1-13-4-3-5-17(6-13)21-18(26)19-8-15-7-16(9-19)11-20(10-15,12-19)25-23-14(2)22-24-25/h3-6,15-16H,7-12H2,1-2H3,(H,21,26)/t15-,16+,19?,20?. The minimum atomic E-state index is -0.296. The Morgan fingerprint density at radius 2 is 1.96 bits per heavy atom. The minimum absolute atomic E-state index is 0.130. The monoisotopic (exact) mass is 351 g/mol. The summed E-state index contributed by atoms with van der Waals surface area (Å²) in [6.45, 7) is 3.93. The van der Waals surface area contributed by atoms with Crippen LogP contribution < -0.4 is 5.32 Å². The Morgan fingerprint density at radius 1 is 1.19 bits per heavy atom. The zero-order chi connectivity index (χ0) is 17.9. The SMILES string of the molecule is Cc1cccc(NC(=O)C23C[C@H]4C[C@@H](C2)CC(n2nnc(C)n2)(C4)C3)c1. The summed E-state index contributed by atoms with van der Waals surface area (Å²) in [7, 11) is 0. The molecular formula is C20H25N5O. The maximum absolute atomic E-state index is 13.4. The summed E-state index contributed by atoms with van der Waals surface area (Å²) in [6.07, 6.45) is 6.24. The topological polar surface area (TPSA) is 72.7 Å². The molecule has 6 heteroatoms. The van der Waals surface area contributed by atoms with Crippen LogP contribution in [0.3, 0.4) is 0 Å². The summed E-state index contributed by atoms with van der Waals surface area (Å²) in [6, 6.07) is 8.06. The number of carbonyl (C=O) groups excluding carboxylic acids is 1. The van der Waals surface area contributed by atoms with Gasteiger partial charge < -0.3 is 5.32 Å². The largest absolute Gasteiger partial charge is 0.326 e. The molecule has 0 saturated heterocycles. The van der Waals surface area contributed by atoms with E-state index in [9.17, 15) is 4.79 Å². The molecule has 1 N–H and O–H groups in total. The number of aromatic nitrogens is 4. The van der Waals surface area contributed by atoms with Gasteiger partial charge in [0.2, 0.25) is 5.91 Å². The first kappa shape index (κ1) is 16.0. The van der Waals surface area contributed by atoms with Crippen molar-refractivity contribution in [2.24, 2.45) is 17.3 Å². The minimum Gasteiger partial charge on any atom is -0.326 e. The molecule has 1 aromatic carbocycles. The second-order valence-corrected chi connectivity index (χ2v) is 8.92. The van der Waals surface area contributed by atoms with Crippen molar-refractivity contribution in [2.45, 2.75) is 57.9 Å². The fourth-order valence-corrected chi connectivity index (χ4v) is 6.19. The molecule has 4 bridgehead atoms. The first-order valence-corrected chi connectivity index (χ1v) is 9.62. The molecule has 0 spiro atoms. The maximum Gasteiger partial charge on any atom is 0.230 e. The number of nitrogens with zero attached hydrogens (tertiary/aromatic N) is 4. The molecule has 6 nitrogen and oxygen atoms in total. The number of hydrogen-bond acceptors (Lipinski definition) is 4. The molecule has 4 saturated carbocycles. The lowest BCUT2D eigenvalue weighted by Gasteiger charge is -2.60. The molecule has 4 aliphatic carbocycles. The molecule has 2 unspecified atom stereocenters. The molecule has 1 amide bonds. The van der Waals surface area contributed by atoms with Crippen molar-refractivity contribution in [1.29, 1.82) is 0 Å². The molecule has 1 heterocycles. The van der Waals surface area contributed by atoms with E-state index in [2.05, 4.69) is 20.7 Å². The van der Waals surface area contributed by atoms with E-state index >= 15 is 0 Å². The number of anilines is 1. The number of hydrogen-bond donors (Lipinski definition) is 1. The average molecular weight is 351 g/mol. The summed E-state index contributed by atoms with van der Waals surface area (Å²) >= 11 is 0. The second-order valence-electron chi connectivity index (χ2n) is 8.92. The molecule has 0 aliphatic heterocycles. The van der Waals surface area contributed by atoms with Crippen LogP contribution in [0.4, 0.5) is 5.69 Å². The highest BCUT2D eigenvalue weighted by Crippen LogP contribution is 2.64. The highest BCUT2D eigenvalue weighted by atomic mass is 16.2. The van der Waals surface area contributed by atoms with Crippen molar-refractivity contribution in [3.63, 3.8) is 0 Å². The molecule has 1 aromatic heterocycles. The lowest BCUT2D eigenvalue weighted by Crippen LogP contribution is -2.60. The summed E-state index contributed by atoms with van der Waals surface area (Å²) in [5, 5.41) is 16.2. The van der Waals surface area contributed by atoms with Crippen LogP contribution in [0.15, 0.2) is 24.3 Å². The average Bonchev–Trinajstić information content (AvgIpc) is 3.01. The number of carbonyl (C=O) groups is 1. The third kappa shape index (κ3) is 2.38. The number of benzene rings is 1. The van der Waals surface area contributed by atoms with Crippen molar-refractivity contribution in [2.75, 3.05) is 5.32 Å². The number of rotatable bonds is 3. The van der Waals surface area contributed by atoms with E-state index in [1.165, 1.54) is 6.42 Å². The second kappa shape index (κ2) is 5.38. The molecule has 2 aromatic rings. The van der Waals surface area contributed by atoms with E-state index in [4.69, 9.17) is 0 Å². The van der Waals surface area contributed by atoms with Crippen molar-refractivity contribution in [1.82, 2.24) is 20.2 Å². The molecule has 4 aliphatic rings. The molecule has 6 rings (SSSR count). The number of amides is 1. The van der Waals surface area contributed by atoms with Crippen molar-refractivity contribution < 1.29 is 4.79 Å². The zero-order valence-electron chi connectivity index (χ0n) is 15.4. The zero-order valence-corrected chi connectivity index (χ0v) is 15.4. The third-order valence-electron chi connectivity index (χ3n) is 6.73. The Bertz CT molecular complexity index is 859. The highest BCUT2D eigenvalue weighted by Gasteiger charge is 2.62. The van der Waals surface area contributed by atoms with Crippen LogP contribution in [0.5, 0.6) is 0 Å². The summed E-state index contributed by atoms with van der Waals surface area (Å²) in [5.41, 5.74) is 1.63. The van der Waals surface area contributed by atoms with Gasteiger partial charge in [-0.05, 0) is 87.1 Å². The predicted molar refractivity (Wildman–Crippen MR) is 97.5 cm³/mol. The van der Waals surface area contributed by atoms with Crippen molar-refractivity contribution in [3.05, 3.63) is 35.7 Å². The Hall–Kier alpha value is -2.24. The first-order valence-electron chi connectivity index (χ1n) is 9.62. The Kier molecular flexibility index (Phi) is 3.30. The van der Waals surface area contributed by atoms with E-state index in [1.54, 1.807) is 0 Å². The van der Waals surface area contributed by atoms with E-state index in [1.807, 2.05) is 42.9 Å². The van der Waals surface area contributed by atoms with Gasteiger partial charge >= 0.3 is 0 Å². The van der Waals surface area contributed by atoms with Crippen LogP contribution >= 0.6 is 0 Å². The molecule has 4 atom stereocenters. The van der Waals surface area contributed by atoms with Gasteiger partial charge in [-0.3, -0.25) is 4.79 Å². The Balaban J connectivity index is 1.47. The number of nitrogens with one attached hydrogen (secondary N) is 1. The van der Waals surface area contributed by atoms with E-state index in [0.29, 0.717) is 17.7 Å². The summed E-state index contributed by atoms with van der Waals surface area (Å²) in [5.74, 6) is 2.06. The quantitative estimate of drug-likeness (QED) is 0.921. The van der Waals surface area contributed by atoms with Crippen LogP contribution in [-0.4, -0.2) is 26.1 Å². The van der Waals surface area contributed by atoms with E-state index < -0.39 is 0 Å². The smallest absolute Gasteiger partial charge is 0.230 e. The van der Waals surface area contributed by atoms with E-state index in [-0.39, 0.29) is 16.9 Å². The van der Waals surface area contributed by atoms with Gasteiger partial charge in [-0.25, -0.2) is 0 Å². The van der Waals surface area contributed by atoms with Crippen molar-refractivity contribution in [3.8, 4) is 0 Å². The van der Waals surface area contributed by atoms with Gasteiger partial charge in [-0.15, -0.1) is 10.2 Å². The van der Waals surface area contributed by atoms with Crippen LogP contribution in [0.2, 0.25) is 0 Å². The maximum atomic E-state index is 13.4. The van der Waals surface area contributed by atoms with Gasteiger partial charge in [0.25, 0.3) is 0 Å². The fourth-order valence-electron chi connectivity index (χ4n) is 6.19. The fraction of sp³-hybridized carbons (Fsp3) is 0.600. The van der Waals surface area contributed by atoms with Crippen LogP contribution in [0.1, 0.15) is 49.9 Å². The normalized spacial score (nSPS) is 34.8. The van der Waals surface area contributed by atoms with Crippen molar-refractivity contribution >= 4 is 11.6 Å². The van der Waals surface area contributed by atoms with Gasteiger partial charge in [0.15, 0.2) is 5.82 Å². The van der Waals surface area contributed by atoms with Gasteiger partial charge in [0, 0.05) is 5.69 Å². The Morgan fingerprint density at radius 3 is 2.62 bits per heavy atom. The van der Waals surface area contributed by atoms with Crippen LogP contribution in [-0.2, 0) is 10.3 Å². The Labute approximate surface area is 153 Å². The van der Waals surface area contributed by atoms with Gasteiger partial charge in [0.1, 0.15) is 0 Å². The molecular weight excluding hydrogens is 326 g/mol.